The highest BCUT2D eigenvalue weighted by Gasteiger charge is 2.63. The number of amides is 2. The molecule has 2 atom stereocenters. The van der Waals surface area contributed by atoms with Gasteiger partial charge in [-0.2, -0.15) is 13.2 Å². The Kier molecular flexibility index (Phi) is 8.81. The van der Waals surface area contributed by atoms with Crippen molar-refractivity contribution in [2.75, 3.05) is 25.5 Å². The second kappa shape index (κ2) is 11.7. The molecule has 224 valence electrons. The van der Waals surface area contributed by atoms with Gasteiger partial charge in [0.25, 0.3) is 17.4 Å². The maximum absolute atomic E-state index is 14.8. The van der Waals surface area contributed by atoms with Crippen LogP contribution < -0.4 is 10.6 Å². The van der Waals surface area contributed by atoms with Crippen LogP contribution in [0.15, 0.2) is 60.7 Å². The first-order chi connectivity index (χ1) is 19.6. The van der Waals surface area contributed by atoms with Gasteiger partial charge in [-0.1, -0.05) is 30.3 Å². The van der Waals surface area contributed by atoms with Crippen LogP contribution in [-0.4, -0.2) is 59.8 Å². The summed E-state index contributed by atoms with van der Waals surface area (Å²) in [6, 6.07) is 10.5. The molecule has 0 radical (unpaired) electrons. The summed E-state index contributed by atoms with van der Waals surface area (Å²) in [5.41, 5.74) is -6.99. The highest BCUT2D eigenvalue weighted by atomic mass is 127. The van der Waals surface area contributed by atoms with Gasteiger partial charge in [0.2, 0.25) is 0 Å². The summed E-state index contributed by atoms with van der Waals surface area (Å²) in [5.74, 6) is -5.99. The zero-order valence-corrected chi connectivity index (χ0v) is 24.2. The Balaban J connectivity index is 1.53. The van der Waals surface area contributed by atoms with Crippen LogP contribution in [0.3, 0.4) is 0 Å². The first-order valence-corrected chi connectivity index (χ1v) is 13.4. The van der Waals surface area contributed by atoms with Crippen molar-refractivity contribution in [1.29, 1.82) is 0 Å². The minimum atomic E-state index is -5.18. The Labute approximate surface area is 250 Å². The summed E-state index contributed by atoms with van der Waals surface area (Å²) in [4.78, 5) is 27.3. The van der Waals surface area contributed by atoms with Crippen LogP contribution in [0, 0.1) is 21.0 Å². The number of hydrogen-bond acceptors (Lipinski definition) is 5. The van der Waals surface area contributed by atoms with E-state index >= 15 is 0 Å². The summed E-state index contributed by atoms with van der Waals surface area (Å²) in [6.07, 6.45) is -5.18. The number of likely N-dealkylation sites (tertiary alicyclic amines) is 1. The van der Waals surface area contributed by atoms with Gasteiger partial charge in [0.1, 0.15) is 11.4 Å². The number of carbonyl (C=O) groups is 2. The van der Waals surface area contributed by atoms with Crippen LogP contribution in [0.2, 0.25) is 0 Å². The fraction of sp³-hybridized carbons (Fsp3) is 0.286. The van der Waals surface area contributed by atoms with E-state index in [4.69, 9.17) is 4.74 Å². The smallest absolute Gasteiger partial charge is 0.384 e. The highest BCUT2D eigenvalue weighted by molar-refractivity contribution is 14.1. The minimum Gasteiger partial charge on any atom is -0.384 e. The fourth-order valence-electron chi connectivity index (χ4n) is 4.63. The van der Waals surface area contributed by atoms with Gasteiger partial charge in [-0.3, -0.25) is 9.59 Å². The molecule has 3 N–H and O–H groups in total. The van der Waals surface area contributed by atoms with Crippen LogP contribution in [-0.2, 0) is 15.1 Å². The molecule has 1 saturated heterocycles. The Morgan fingerprint density at radius 1 is 1.02 bits per heavy atom. The highest BCUT2D eigenvalue weighted by Crippen LogP contribution is 2.42. The summed E-state index contributed by atoms with van der Waals surface area (Å²) < 4.78 is 91.2. The number of alkyl halides is 3. The number of methoxy groups -OCH3 is 1. The first kappa shape index (κ1) is 31.6. The molecule has 3 aromatic rings. The minimum absolute atomic E-state index is 0.227. The topological polar surface area (TPSA) is 90.9 Å². The molecule has 7 nitrogen and oxygen atoms in total. The zero-order valence-electron chi connectivity index (χ0n) is 22.0. The number of benzene rings is 3. The van der Waals surface area contributed by atoms with Gasteiger partial charge in [-0.25, -0.2) is 13.2 Å². The van der Waals surface area contributed by atoms with Crippen molar-refractivity contribution < 1.29 is 45.8 Å². The first-order valence-electron chi connectivity index (χ1n) is 12.3. The van der Waals surface area contributed by atoms with Crippen molar-refractivity contribution in [3.63, 3.8) is 0 Å². The number of ether oxygens (including phenoxy) is 1. The summed E-state index contributed by atoms with van der Waals surface area (Å²) in [6.45, 7) is 0.313. The monoisotopic (exact) mass is 707 g/mol. The largest absolute Gasteiger partial charge is 0.430 e. The lowest BCUT2D eigenvalue weighted by Crippen LogP contribution is -2.72. The van der Waals surface area contributed by atoms with Crippen molar-refractivity contribution >= 4 is 45.8 Å². The number of aliphatic hydroxyl groups is 1. The Morgan fingerprint density at radius 2 is 1.67 bits per heavy atom. The van der Waals surface area contributed by atoms with Crippen LogP contribution in [0.1, 0.15) is 22.8 Å². The van der Waals surface area contributed by atoms with Crippen LogP contribution in [0.25, 0.3) is 0 Å². The van der Waals surface area contributed by atoms with E-state index in [1.54, 1.807) is 0 Å². The van der Waals surface area contributed by atoms with Gasteiger partial charge >= 0.3 is 6.18 Å². The van der Waals surface area contributed by atoms with E-state index in [1.807, 2.05) is 22.6 Å². The lowest BCUT2D eigenvalue weighted by molar-refractivity contribution is -0.266. The molecule has 0 saturated carbocycles. The van der Waals surface area contributed by atoms with Gasteiger partial charge in [0.15, 0.2) is 11.6 Å². The number of rotatable bonds is 8. The molecule has 0 spiro atoms. The Hall–Kier alpha value is -3.37. The number of carbonyl (C=O) groups excluding carboxylic acids is 2. The summed E-state index contributed by atoms with van der Waals surface area (Å²) in [5, 5.41) is 15.6. The van der Waals surface area contributed by atoms with E-state index in [0.717, 1.165) is 36.3 Å². The maximum atomic E-state index is 14.8. The van der Waals surface area contributed by atoms with E-state index in [1.165, 1.54) is 37.3 Å². The second-order valence-electron chi connectivity index (χ2n) is 9.74. The third kappa shape index (κ3) is 5.66. The standard InChI is InChI=1S/C28H24F6IN3O4/c1-15(36-25(40)27(42-2,28(32,33)34)16-6-4-3-5-7-16)26(41)13-38(14-26)24(39)18-9-10-19(29)22(31)23(18)37-21-11-8-17(35)12-20(21)30/h3-12,15,37,41H,13-14H2,1-2H3,(H,36,40)/t15-,27?/m0/s1. The molecule has 4 rings (SSSR count). The van der Waals surface area contributed by atoms with Crippen LogP contribution in [0.4, 0.5) is 37.7 Å². The van der Waals surface area contributed by atoms with Crippen molar-refractivity contribution in [3.8, 4) is 0 Å². The van der Waals surface area contributed by atoms with Gasteiger partial charge in [0, 0.05) is 16.2 Å². The van der Waals surface area contributed by atoms with E-state index in [2.05, 4.69) is 10.6 Å². The maximum Gasteiger partial charge on any atom is 0.430 e. The van der Waals surface area contributed by atoms with Gasteiger partial charge in [0.05, 0.1) is 36.1 Å². The van der Waals surface area contributed by atoms with Gasteiger partial charge < -0.3 is 25.4 Å². The summed E-state index contributed by atoms with van der Waals surface area (Å²) in [7, 11) is 0.735. The molecule has 1 aliphatic rings. The van der Waals surface area contributed by atoms with Crippen molar-refractivity contribution in [3.05, 3.63) is 92.8 Å². The number of nitrogens with zero attached hydrogens (tertiary/aromatic N) is 1. The molecule has 42 heavy (non-hydrogen) atoms. The molecular formula is C28H24F6IN3O4. The molecule has 0 aromatic heterocycles. The van der Waals surface area contributed by atoms with Crippen LogP contribution >= 0.6 is 22.6 Å². The predicted molar refractivity (Wildman–Crippen MR) is 148 cm³/mol. The molecule has 3 aromatic carbocycles. The third-order valence-electron chi connectivity index (χ3n) is 7.09. The number of hydrogen-bond donors (Lipinski definition) is 3. The van der Waals surface area contributed by atoms with Crippen molar-refractivity contribution in [2.24, 2.45) is 0 Å². The number of anilines is 2. The van der Waals surface area contributed by atoms with E-state index in [0.29, 0.717) is 9.64 Å². The van der Waals surface area contributed by atoms with E-state index in [-0.39, 0.29) is 11.3 Å². The molecular weight excluding hydrogens is 683 g/mol. The lowest BCUT2D eigenvalue weighted by atomic mass is 9.84. The zero-order chi connectivity index (χ0) is 31.0. The van der Waals surface area contributed by atoms with Crippen molar-refractivity contribution in [2.45, 2.75) is 30.3 Å². The SMILES string of the molecule is COC(C(=O)N[C@@H](C)C1(O)CN(C(=O)c2ccc(F)c(F)c2Nc2ccc(I)cc2F)C1)(c1ccccc1)C(F)(F)F. The predicted octanol–water partition coefficient (Wildman–Crippen LogP) is 5.25. The number of nitrogens with one attached hydrogen (secondary N) is 2. The molecule has 0 aliphatic carbocycles. The molecule has 1 aliphatic heterocycles. The second-order valence-corrected chi connectivity index (χ2v) is 11.0. The third-order valence-corrected chi connectivity index (χ3v) is 7.76. The average Bonchev–Trinajstić information content (AvgIpc) is 2.91. The van der Waals surface area contributed by atoms with Crippen LogP contribution in [0.5, 0.6) is 0 Å². The van der Waals surface area contributed by atoms with E-state index in [9.17, 15) is 41.0 Å². The molecule has 14 heteroatoms. The Morgan fingerprint density at radius 3 is 2.24 bits per heavy atom. The number of β-amino-alcohol motifs (C(OH)–C–C–N with tert-alkyl or cyclic N) is 1. The lowest BCUT2D eigenvalue weighted by Gasteiger charge is -2.50. The molecule has 0 bridgehead atoms. The average molecular weight is 707 g/mol. The molecule has 2 amide bonds. The fourth-order valence-corrected chi connectivity index (χ4v) is 5.09. The van der Waals surface area contributed by atoms with Gasteiger partial charge in [-0.05, 0) is 59.8 Å². The molecule has 1 unspecified atom stereocenters. The normalized spacial score (nSPS) is 16.7. The quantitative estimate of drug-likeness (QED) is 0.220. The molecule has 1 heterocycles. The van der Waals surface area contributed by atoms with E-state index < -0.39 is 77.0 Å². The Bertz CT molecular complexity index is 1500. The number of halogens is 7. The summed E-state index contributed by atoms with van der Waals surface area (Å²) >= 11 is 1.86. The van der Waals surface area contributed by atoms with Gasteiger partial charge in [-0.15, -0.1) is 0 Å². The molecule has 1 fully saturated rings. The van der Waals surface area contributed by atoms with Crippen molar-refractivity contribution in [1.82, 2.24) is 10.2 Å².